The molecule has 3 aromatic rings. The van der Waals surface area contributed by atoms with Crippen LogP contribution in [0.2, 0.25) is 0 Å². The van der Waals surface area contributed by atoms with Gasteiger partial charge in [-0.25, -0.2) is 4.98 Å². The highest BCUT2D eigenvalue weighted by Crippen LogP contribution is 2.30. The fourth-order valence-electron chi connectivity index (χ4n) is 2.67. The number of nitrogens with zero attached hydrogens (tertiary/aromatic N) is 2. The second-order valence-electron chi connectivity index (χ2n) is 5.91. The lowest BCUT2D eigenvalue weighted by atomic mass is 10.1. The number of hydrogen-bond donors (Lipinski definition) is 1. The lowest BCUT2D eigenvalue weighted by molar-refractivity contribution is -0.112. The molecule has 3 rings (SSSR count). The minimum atomic E-state index is -0.507. The molecule has 0 fully saturated rings. The molecular weight excluding hydrogens is 374 g/mol. The van der Waals surface area contributed by atoms with Gasteiger partial charge < -0.3 is 9.47 Å². The molecule has 1 heterocycles. The Labute approximate surface area is 167 Å². The largest absolute Gasteiger partial charge is 0.493 e. The molecule has 0 aliphatic heterocycles. The zero-order valence-electron chi connectivity index (χ0n) is 15.8. The molecule has 142 valence electrons. The van der Waals surface area contributed by atoms with Crippen LogP contribution in [0.3, 0.4) is 0 Å². The lowest BCUT2D eigenvalue weighted by Crippen LogP contribution is -2.13. The van der Waals surface area contributed by atoms with E-state index >= 15 is 0 Å². The number of carbonyl (C=O) groups is 1. The maximum absolute atomic E-state index is 12.5. The van der Waals surface area contributed by atoms with E-state index in [2.05, 4.69) is 10.3 Å². The molecule has 0 spiro atoms. The molecule has 0 aliphatic carbocycles. The molecule has 6 nitrogen and oxygen atoms in total. The number of nitrogens with one attached hydrogen (secondary N) is 1. The summed E-state index contributed by atoms with van der Waals surface area (Å²) in [6, 6.07) is 13.0. The summed E-state index contributed by atoms with van der Waals surface area (Å²) in [6.45, 7) is 4.36. The number of hydrogen-bond acceptors (Lipinski definition) is 6. The van der Waals surface area contributed by atoms with Gasteiger partial charge in [-0.2, -0.15) is 5.26 Å². The van der Waals surface area contributed by atoms with Crippen molar-refractivity contribution in [3.63, 3.8) is 0 Å². The first-order chi connectivity index (χ1) is 13.5. The van der Waals surface area contributed by atoms with Crippen LogP contribution >= 0.6 is 11.3 Å². The Balaban J connectivity index is 1.84. The fraction of sp³-hybridized carbons (Fsp3) is 0.190. The topological polar surface area (TPSA) is 84.2 Å². The minimum absolute atomic E-state index is 0.0257. The maximum atomic E-state index is 12.5. The number of anilines is 1. The summed E-state index contributed by atoms with van der Waals surface area (Å²) in [5, 5.41) is 12.6. The highest BCUT2D eigenvalue weighted by molar-refractivity contribution is 7.22. The van der Waals surface area contributed by atoms with Gasteiger partial charge in [0.15, 0.2) is 16.6 Å². The normalized spacial score (nSPS) is 11.1. The van der Waals surface area contributed by atoms with Crippen LogP contribution in [0.1, 0.15) is 18.1 Å². The van der Waals surface area contributed by atoms with Crippen molar-refractivity contribution >= 4 is 38.7 Å². The second-order valence-corrected chi connectivity index (χ2v) is 6.94. The first kappa shape index (κ1) is 19.4. The van der Waals surface area contributed by atoms with Gasteiger partial charge in [-0.05, 0) is 49.2 Å². The molecule has 0 atom stereocenters. The van der Waals surface area contributed by atoms with Gasteiger partial charge in [0.2, 0.25) is 0 Å². The van der Waals surface area contributed by atoms with Gasteiger partial charge in [0.1, 0.15) is 11.6 Å². The number of benzene rings is 2. The average molecular weight is 393 g/mol. The van der Waals surface area contributed by atoms with Crippen LogP contribution in [-0.4, -0.2) is 24.6 Å². The highest BCUT2D eigenvalue weighted by Gasteiger charge is 2.14. The highest BCUT2D eigenvalue weighted by atomic mass is 32.1. The molecule has 0 bridgehead atoms. The van der Waals surface area contributed by atoms with E-state index in [0.29, 0.717) is 28.8 Å². The summed E-state index contributed by atoms with van der Waals surface area (Å²) >= 11 is 1.37. The summed E-state index contributed by atoms with van der Waals surface area (Å²) in [6.07, 6.45) is 1.51. The monoisotopic (exact) mass is 393 g/mol. The third-order valence-electron chi connectivity index (χ3n) is 4.00. The van der Waals surface area contributed by atoms with E-state index in [1.807, 2.05) is 38.1 Å². The van der Waals surface area contributed by atoms with Crippen molar-refractivity contribution in [3.8, 4) is 17.6 Å². The molecule has 0 saturated carbocycles. The molecule has 0 unspecified atom stereocenters. The maximum Gasteiger partial charge on any atom is 0.268 e. The third kappa shape index (κ3) is 4.13. The van der Waals surface area contributed by atoms with Crippen molar-refractivity contribution in [2.75, 3.05) is 19.0 Å². The van der Waals surface area contributed by atoms with Gasteiger partial charge in [-0.15, -0.1) is 0 Å². The molecule has 1 aromatic heterocycles. The third-order valence-corrected chi connectivity index (χ3v) is 4.94. The quantitative estimate of drug-likeness (QED) is 0.490. The molecule has 1 N–H and O–H groups in total. The Bertz CT molecular complexity index is 1100. The van der Waals surface area contributed by atoms with Crippen LogP contribution in [0, 0.1) is 18.3 Å². The molecule has 0 radical (unpaired) electrons. The van der Waals surface area contributed by atoms with Crippen LogP contribution in [-0.2, 0) is 4.79 Å². The Morgan fingerprint density at radius 3 is 2.82 bits per heavy atom. The number of rotatable bonds is 6. The summed E-state index contributed by atoms with van der Waals surface area (Å²) in [5.41, 5.74) is 2.52. The number of ether oxygens (including phenoxy) is 2. The number of fused-ring (bicyclic) bond motifs is 1. The average Bonchev–Trinajstić information content (AvgIpc) is 3.11. The SMILES string of the molecule is CCOc1ccc(/C=C(\C#N)C(=O)Nc2nc3c(C)cccc3s2)cc1OC. The number of carbonyl (C=O) groups excluding carboxylic acids is 1. The summed E-state index contributed by atoms with van der Waals surface area (Å²) in [4.78, 5) is 17.0. The summed E-state index contributed by atoms with van der Waals surface area (Å²) in [5.74, 6) is 0.636. The summed E-state index contributed by atoms with van der Waals surface area (Å²) < 4.78 is 11.8. The number of thiazole rings is 1. The smallest absolute Gasteiger partial charge is 0.268 e. The Morgan fingerprint density at radius 2 is 2.14 bits per heavy atom. The van der Waals surface area contributed by atoms with E-state index in [1.165, 1.54) is 17.4 Å². The van der Waals surface area contributed by atoms with Gasteiger partial charge in [0, 0.05) is 0 Å². The van der Waals surface area contributed by atoms with E-state index in [4.69, 9.17) is 9.47 Å². The lowest BCUT2D eigenvalue weighted by Gasteiger charge is -2.09. The Kier molecular flexibility index (Phi) is 5.92. The number of aryl methyl sites for hydroxylation is 1. The molecule has 1 amide bonds. The van der Waals surface area contributed by atoms with Crippen molar-refractivity contribution in [2.45, 2.75) is 13.8 Å². The fourth-order valence-corrected chi connectivity index (χ4v) is 3.61. The molecule has 28 heavy (non-hydrogen) atoms. The van der Waals surface area contributed by atoms with Crippen molar-refractivity contribution < 1.29 is 14.3 Å². The molecule has 2 aromatic carbocycles. The van der Waals surface area contributed by atoms with E-state index in [0.717, 1.165) is 15.8 Å². The number of para-hydroxylation sites is 1. The van der Waals surface area contributed by atoms with Crippen LogP contribution in [0.25, 0.3) is 16.3 Å². The van der Waals surface area contributed by atoms with Crippen LogP contribution in [0.15, 0.2) is 42.0 Å². The number of nitriles is 1. The number of amides is 1. The van der Waals surface area contributed by atoms with Gasteiger partial charge in [-0.3, -0.25) is 10.1 Å². The Morgan fingerprint density at radius 1 is 1.32 bits per heavy atom. The predicted octanol–water partition coefficient (Wildman–Crippen LogP) is 4.56. The zero-order valence-corrected chi connectivity index (χ0v) is 16.6. The van der Waals surface area contributed by atoms with Crippen molar-refractivity contribution in [1.82, 2.24) is 4.98 Å². The molecule has 7 heteroatoms. The molecule has 0 saturated heterocycles. The van der Waals surface area contributed by atoms with E-state index in [-0.39, 0.29) is 5.57 Å². The Hall–Kier alpha value is -3.37. The van der Waals surface area contributed by atoms with Crippen LogP contribution in [0.4, 0.5) is 5.13 Å². The van der Waals surface area contributed by atoms with Gasteiger partial charge in [-0.1, -0.05) is 29.5 Å². The van der Waals surface area contributed by atoms with E-state index in [1.54, 1.807) is 25.3 Å². The van der Waals surface area contributed by atoms with Gasteiger partial charge in [0.05, 0.1) is 23.9 Å². The van der Waals surface area contributed by atoms with Crippen LogP contribution in [0.5, 0.6) is 11.5 Å². The summed E-state index contributed by atoms with van der Waals surface area (Å²) in [7, 11) is 1.54. The van der Waals surface area contributed by atoms with Crippen molar-refractivity contribution in [3.05, 3.63) is 53.1 Å². The van der Waals surface area contributed by atoms with E-state index < -0.39 is 5.91 Å². The predicted molar refractivity (Wildman–Crippen MR) is 111 cm³/mol. The molecular formula is C21H19N3O3S. The van der Waals surface area contributed by atoms with Crippen molar-refractivity contribution in [2.24, 2.45) is 0 Å². The number of methoxy groups -OCH3 is 1. The second kappa shape index (κ2) is 8.55. The van der Waals surface area contributed by atoms with Gasteiger partial charge in [0.25, 0.3) is 5.91 Å². The van der Waals surface area contributed by atoms with Crippen molar-refractivity contribution in [1.29, 1.82) is 5.26 Å². The van der Waals surface area contributed by atoms with Crippen LogP contribution < -0.4 is 14.8 Å². The molecule has 0 aliphatic rings. The van der Waals surface area contributed by atoms with Gasteiger partial charge >= 0.3 is 0 Å². The first-order valence-electron chi connectivity index (χ1n) is 8.65. The standard InChI is InChI=1S/C21H19N3O3S/c1-4-27-16-9-8-14(11-17(16)26-3)10-15(12-22)20(25)24-21-23-19-13(2)6-5-7-18(19)28-21/h5-11H,4H2,1-3H3,(H,23,24,25)/b15-10+. The van der Waals surface area contributed by atoms with E-state index in [9.17, 15) is 10.1 Å². The first-order valence-corrected chi connectivity index (χ1v) is 9.47. The number of aromatic nitrogens is 1. The zero-order chi connectivity index (χ0) is 20.1. The minimum Gasteiger partial charge on any atom is -0.493 e.